The van der Waals surface area contributed by atoms with Gasteiger partial charge in [-0.15, -0.1) is 6.58 Å². The zero-order valence-electron chi connectivity index (χ0n) is 14.9. The van der Waals surface area contributed by atoms with Crippen LogP contribution in [0.5, 0.6) is 0 Å². The van der Waals surface area contributed by atoms with Crippen molar-refractivity contribution >= 4 is 28.1 Å². The van der Waals surface area contributed by atoms with Crippen LogP contribution in [0.1, 0.15) is 23.7 Å². The fourth-order valence-corrected chi connectivity index (χ4v) is 4.20. The number of rotatable bonds is 4. The topological polar surface area (TPSA) is 26.8 Å². The number of amides is 1. The molecule has 2 aromatic carbocycles. The molecule has 1 saturated heterocycles. The van der Waals surface area contributed by atoms with Gasteiger partial charge < -0.3 is 9.80 Å². The van der Waals surface area contributed by atoms with Crippen LogP contribution >= 0.6 is 0 Å². The summed E-state index contributed by atoms with van der Waals surface area (Å²) in [6, 6.07) is 10.5. The van der Waals surface area contributed by atoms with Crippen molar-refractivity contribution in [2.24, 2.45) is 0 Å². The molecular weight excluding hydrogens is 310 g/mol. The molecule has 2 aliphatic rings. The molecule has 0 aliphatic carbocycles. The molecule has 130 valence electrons. The maximum absolute atomic E-state index is 12.7. The van der Waals surface area contributed by atoms with Crippen molar-refractivity contribution < 1.29 is 4.79 Å². The van der Waals surface area contributed by atoms with Crippen LogP contribution in [0.25, 0.3) is 10.8 Å². The Bertz CT molecular complexity index is 829. The summed E-state index contributed by atoms with van der Waals surface area (Å²) in [6.07, 6.45) is 3.14. The van der Waals surface area contributed by atoms with E-state index in [1.165, 1.54) is 11.1 Å². The highest BCUT2D eigenvalue weighted by Crippen LogP contribution is 2.41. The Hall–Kier alpha value is -2.33. The standard InChI is InChI=1S/C21H25N3O/c1-3-11-22-12-6-13-23(15-14-22)18-9-10-19-20-16(18)7-5-8-17(20)21(25)24(19)4-2/h3,5,7-10H,1,4,6,11-15H2,2H3. The normalized spacial score (nSPS) is 18.0. The molecule has 0 radical (unpaired) electrons. The fourth-order valence-electron chi connectivity index (χ4n) is 4.20. The smallest absolute Gasteiger partial charge is 0.258 e. The van der Waals surface area contributed by atoms with E-state index < -0.39 is 0 Å². The number of hydrogen-bond acceptors (Lipinski definition) is 3. The largest absolute Gasteiger partial charge is 0.370 e. The van der Waals surface area contributed by atoms with E-state index in [9.17, 15) is 4.79 Å². The summed E-state index contributed by atoms with van der Waals surface area (Å²) >= 11 is 0. The second-order valence-electron chi connectivity index (χ2n) is 6.81. The van der Waals surface area contributed by atoms with E-state index >= 15 is 0 Å². The highest BCUT2D eigenvalue weighted by molar-refractivity contribution is 6.26. The first-order valence-corrected chi connectivity index (χ1v) is 9.20. The molecule has 0 spiro atoms. The first kappa shape index (κ1) is 16.2. The molecule has 0 unspecified atom stereocenters. The van der Waals surface area contributed by atoms with E-state index in [2.05, 4.69) is 34.6 Å². The van der Waals surface area contributed by atoms with Gasteiger partial charge in [0.05, 0.1) is 5.69 Å². The van der Waals surface area contributed by atoms with Crippen LogP contribution in [0.15, 0.2) is 43.0 Å². The lowest BCUT2D eigenvalue weighted by atomic mass is 10.0. The van der Waals surface area contributed by atoms with Crippen LogP contribution in [-0.2, 0) is 0 Å². The molecule has 0 saturated carbocycles. The maximum Gasteiger partial charge on any atom is 0.258 e. The van der Waals surface area contributed by atoms with Gasteiger partial charge in [0.25, 0.3) is 5.91 Å². The molecule has 1 fully saturated rings. The number of anilines is 2. The Morgan fingerprint density at radius 1 is 1.08 bits per heavy atom. The average Bonchev–Trinajstić information content (AvgIpc) is 2.77. The van der Waals surface area contributed by atoms with Gasteiger partial charge in [0.2, 0.25) is 0 Å². The van der Waals surface area contributed by atoms with E-state index in [0.29, 0.717) is 6.54 Å². The number of carbonyl (C=O) groups is 1. The van der Waals surface area contributed by atoms with Gasteiger partial charge in [0, 0.05) is 61.3 Å². The third kappa shape index (κ3) is 2.61. The van der Waals surface area contributed by atoms with Crippen LogP contribution in [0.3, 0.4) is 0 Å². The molecule has 4 nitrogen and oxygen atoms in total. The maximum atomic E-state index is 12.7. The van der Waals surface area contributed by atoms with Gasteiger partial charge in [0.1, 0.15) is 0 Å². The van der Waals surface area contributed by atoms with Gasteiger partial charge in [0.15, 0.2) is 0 Å². The number of benzene rings is 2. The number of carbonyl (C=O) groups excluding carboxylic acids is 1. The van der Waals surface area contributed by atoms with E-state index in [-0.39, 0.29) is 5.91 Å². The molecule has 2 aromatic rings. The second-order valence-corrected chi connectivity index (χ2v) is 6.81. The Labute approximate surface area is 149 Å². The van der Waals surface area contributed by atoms with Gasteiger partial charge in [-0.1, -0.05) is 18.2 Å². The van der Waals surface area contributed by atoms with Crippen LogP contribution in [-0.4, -0.2) is 50.1 Å². The van der Waals surface area contributed by atoms with Gasteiger partial charge in [-0.3, -0.25) is 9.69 Å². The summed E-state index contributed by atoms with van der Waals surface area (Å²) in [4.78, 5) is 19.5. The van der Waals surface area contributed by atoms with E-state index in [1.807, 2.05) is 30.0 Å². The Kier molecular flexibility index (Phi) is 4.22. The predicted molar refractivity (Wildman–Crippen MR) is 105 cm³/mol. The summed E-state index contributed by atoms with van der Waals surface area (Å²) in [5, 5.41) is 2.33. The number of hydrogen-bond donors (Lipinski definition) is 0. The molecule has 0 bridgehead atoms. The van der Waals surface area contributed by atoms with Crippen molar-refractivity contribution in [1.82, 2.24) is 4.90 Å². The zero-order chi connectivity index (χ0) is 17.4. The van der Waals surface area contributed by atoms with Crippen molar-refractivity contribution in [1.29, 1.82) is 0 Å². The minimum absolute atomic E-state index is 0.133. The highest BCUT2D eigenvalue weighted by atomic mass is 16.2. The Balaban J connectivity index is 1.74. The van der Waals surface area contributed by atoms with Crippen molar-refractivity contribution in [3.8, 4) is 0 Å². The number of nitrogens with zero attached hydrogens (tertiary/aromatic N) is 3. The first-order chi connectivity index (χ1) is 12.2. The van der Waals surface area contributed by atoms with Crippen molar-refractivity contribution in [2.45, 2.75) is 13.3 Å². The molecule has 0 atom stereocenters. The summed E-state index contributed by atoms with van der Waals surface area (Å²) in [7, 11) is 0. The summed E-state index contributed by atoms with van der Waals surface area (Å²) in [5.41, 5.74) is 3.16. The molecule has 2 aliphatic heterocycles. The van der Waals surface area contributed by atoms with E-state index in [1.54, 1.807) is 0 Å². The summed E-state index contributed by atoms with van der Waals surface area (Å²) < 4.78 is 0. The Morgan fingerprint density at radius 2 is 1.92 bits per heavy atom. The second kappa shape index (κ2) is 6.52. The van der Waals surface area contributed by atoms with E-state index in [4.69, 9.17) is 0 Å². The van der Waals surface area contributed by atoms with Gasteiger partial charge in [-0.05, 0) is 31.5 Å². The van der Waals surface area contributed by atoms with Crippen molar-refractivity contribution in [3.05, 3.63) is 48.6 Å². The minimum Gasteiger partial charge on any atom is -0.370 e. The Morgan fingerprint density at radius 3 is 2.72 bits per heavy atom. The van der Waals surface area contributed by atoms with Crippen LogP contribution in [0.2, 0.25) is 0 Å². The fraction of sp³-hybridized carbons (Fsp3) is 0.381. The third-order valence-electron chi connectivity index (χ3n) is 5.39. The molecule has 25 heavy (non-hydrogen) atoms. The molecule has 2 heterocycles. The molecule has 0 aromatic heterocycles. The average molecular weight is 335 g/mol. The zero-order valence-corrected chi connectivity index (χ0v) is 14.9. The molecular formula is C21H25N3O. The van der Waals surface area contributed by atoms with Crippen LogP contribution in [0.4, 0.5) is 11.4 Å². The quantitative estimate of drug-likeness (QED) is 0.800. The van der Waals surface area contributed by atoms with Gasteiger partial charge in [-0.2, -0.15) is 0 Å². The lowest BCUT2D eigenvalue weighted by Crippen LogP contribution is -2.30. The third-order valence-corrected chi connectivity index (χ3v) is 5.39. The van der Waals surface area contributed by atoms with Crippen LogP contribution < -0.4 is 9.80 Å². The highest BCUT2D eigenvalue weighted by Gasteiger charge is 2.30. The van der Waals surface area contributed by atoms with Gasteiger partial charge >= 0.3 is 0 Å². The lowest BCUT2D eigenvalue weighted by Gasteiger charge is -2.25. The van der Waals surface area contributed by atoms with Crippen molar-refractivity contribution in [2.75, 3.05) is 49.1 Å². The molecule has 4 rings (SSSR count). The summed E-state index contributed by atoms with van der Waals surface area (Å²) in [6.45, 7) is 11.8. The summed E-state index contributed by atoms with van der Waals surface area (Å²) in [5.74, 6) is 0.133. The van der Waals surface area contributed by atoms with Gasteiger partial charge in [-0.25, -0.2) is 0 Å². The van der Waals surface area contributed by atoms with Crippen molar-refractivity contribution in [3.63, 3.8) is 0 Å². The molecule has 0 N–H and O–H groups in total. The lowest BCUT2D eigenvalue weighted by molar-refractivity contribution is 0.0994. The monoisotopic (exact) mass is 335 g/mol. The van der Waals surface area contributed by atoms with E-state index in [0.717, 1.165) is 55.8 Å². The molecule has 4 heteroatoms. The predicted octanol–water partition coefficient (Wildman–Crippen LogP) is 3.52. The minimum atomic E-state index is 0.133. The molecule has 1 amide bonds. The van der Waals surface area contributed by atoms with Crippen LogP contribution in [0, 0.1) is 0 Å². The first-order valence-electron chi connectivity index (χ1n) is 9.20. The SMILES string of the molecule is C=CCN1CCCN(c2ccc3c4c(cccc24)C(=O)N3CC)CC1.